The minimum absolute atomic E-state index is 0.180. The molecular formula is C23H17Cl3N4O. The third-order valence-corrected chi connectivity index (χ3v) is 6.33. The quantitative estimate of drug-likeness (QED) is 0.223. The Morgan fingerprint density at radius 2 is 1.52 bits per heavy atom. The zero-order valence-electron chi connectivity index (χ0n) is 16.4. The molecular weight excluding hydrogens is 455 g/mol. The summed E-state index contributed by atoms with van der Waals surface area (Å²) in [6.45, 7) is 2.41. The normalized spacial score (nSPS) is 11.5. The van der Waals surface area contributed by atoms with Gasteiger partial charge in [-0.3, -0.25) is 4.79 Å². The fraction of sp³-hybridized carbons (Fsp3) is 0.0870. The van der Waals surface area contributed by atoms with Crippen LogP contribution in [0.3, 0.4) is 0 Å². The molecule has 5 nitrogen and oxygen atoms in total. The van der Waals surface area contributed by atoms with E-state index in [2.05, 4.69) is 20.3 Å². The van der Waals surface area contributed by atoms with Crippen molar-refractivity contribution in [3.63, 3.8) is 0 Å². The first-order valence-corrected chi connectivity index (χ1v) is 10.8. The number of hydrogen-bond acceptors (Lipinski definition) is 1. The van der Waals surface area contributed by atoms with Gasteiger partial charge in [-0.05, 0) is 37.3 Å². The lowest BCUT2D eigenvalue weighted by molar-refractivity contribution is 0.0952. The fourth-order valence-electron chi connectivity index (χ4n) is 3.98. The van der Waals surface area contributed by atoms with Gasteiger partial charge in [0.1, 0.15) is 5.69 Å². The number of rotatable bonds is 4. The average molecular weight is 472 g/mol. The largest absolute Gasteiger partial charge is 0.361 e. The number of halogens is 3. The predicted molar refractivity (Wildman–Crippen MR) is 128 cm³/mol. The Morgan fingerprint density at radius 1 is 0.839 bits per heavy atom. The van der Waals surface area contributed by atoms with E-state index in [0.717, 1.165) is 44.1 Å². The van der Waals surface area contributed by atoms with E-state index >= 15 is 0 Å². The van der Waals surface area contributed by atoms with Crippen LogP contribution in [0.1, 0.15) is 17.4 Å². The highest BCUT2D eigenvalue weighted by Gasteiger charge is 2.24. The van der Waals surface area contributed by atoms with Crippen LogP contribution < -0.4 is 5.32 Å². The van der Waals surface area contributed by atoms with Crippen LogP contribution in [0.5, 0.6) is 0 Å². The first-order chi connectivity index (χ1) is 15.0. The van der Waals surface area contributed by atoms with Crippen molar-refractivity contribution in [1.29, 1.82) is 0 Å². The fourth-order valence-corrected chi connectivity index (χ4v) is 4.48. The minimum atomic E-state index is -0.180. The van der Waals surface area contributed by atoms with Crippen molar-refractivity contribution in [2.45, 2.75) is 6.92 Å². The molecule has 0 bridgehead atoms. The molecule has 0 fully saturated rings. The van der Waals surface area contributed by atoms with Gasteiger partial charge in [-0.25, -0.2) is 0 Å². The minimum Gasteiger partial charge on any atom is -0.361 e. The summed E-state index contributed by atoms with van der Waals surface area (Å²) < 4.78 is 0. The Morgan fingerprint density at radius 3 is 2.32 bits per heavy atom. The molecule has 1 amide bonds. The molecule has 31 heavy (non-hydrogen) atoms. The number of amides is 1. The molecule has 5 aromatic rings. The summed E-state index contributed by atoms with van der Waals surface area (Å²) in [7, 11) is 0. The van der Waals surface area contributed by atoms with Crippen molar-refractivity contribution < 1.29 is 4.79 Å². The predicted octanol–water partition coefficient (Wildman–Crippen LogP) is 7.02. The summed E-state index contributed by atoms with van der Waals surface area (Å²) in [5.74, 6) is -0.180. The van der Waals surface area contributed by atoms with Crippen molar-refractivity contribution in [3.8, 4) is 22.3 Å². The van der Waals surface area contributed by atoms with E-state index in [-0.39, 0.29) is 5.91 Å². The second-order valence-electron chi connectivity index (χ2n) is 7.22. The van der Waals surface area contributed by atoms with Crippen molar-refractivity contribution in [2.75, 3.05) is 6.54 Å². The molecule has 0 aliphatic rings. The first-order valence-electron chi connectivity index (χ1n) is 9.71. The Labute approximate surface area is 192 Å². The smallest absolute Gasteiger partial charge is 0.268 e. The molecule has 4 N–H and O–H groups in total. The van der Waals surface area contributed by atoms with Crippen LogP contribution in [0, 0.1) is 0 Å². The molecule has 0 atom stereocenters. The molecule has 156 valence electrons. The highest BCUT2D eigenvalue weighted by atomic mass is 35.5. The van der Waals surface area contributed by atoms with Gasteiger partial charge in [0.05, 0.1) is 10.0 Å². The Bertz CT molecular complexity index is 1460. The molecule has 0 aliphatic carbocycles. The van der Waals surface area contributed by atoms with Gasteiger partial charge in [0.15, 0.2) is 0 Å². The molecule has 0 spiro atoms. The van der Waals surface area contributed by atoms with E-state index in [1.807, 2.05) is 49.8 Å². The number of carbonyl (C=O) groups excluding carboxylic acids is 1. The Kier molecular flexibility index (Phi) is 4.97. The van der Waals surface area contributed by atoms with Crippen LogP contribution in [0.4, 0.5) is 0 Å². The molecule has 0 radical (unpaired) electrons. The van der Waals surface area contributed by atoms with E-state index < -0.39 is 0 Å². The second kappa shape index (κ2) is 7.68. The van der Waals surface area contributed by atoms with Gasteiger partial charge in [-0.2, -0.15) is 0 Å². The summed E-state index contributed by atoms with van der Waals surface area (Å²) >= 11 is 18.8. The topological polar surface area (TPSA) is 76.5 Å². The maximum atomic E-state index is 12.9. The van der Waals surface area contributed by atoms with E-state index in [4.69, 9.17) is 34.8 Å². The number of benzene rings is 2. The number of H-pyrrole nitrogens is 3. The number of aromatic nitrogens is 3. The lowest BCUT2D eigenvalue weighted by Gasteiger charge is -2.08. The van der Waals surface area contributed by atoms with Crippen LogP contribution in [0.25, 0.3) is 44.1 Å². The molecule has 0 unspecified atom stereocenters. The number of hydrogen-bond donors (Lipinski definition) is 4. The van der Waals surface area contributed by atoms with Crippen LogP contribution in [0.2, 0.25) is 15.1 Å². The van der Waals surface area contributed by atoms with Crippen LogP contribution >= 0.6 is 34.8 Å². The monoisotopic (exact) mass is 470 g/mol. The van der Waals surface area contributed by atoms with Gasteiger partial charge >= 0.3 is 0 Å². The average Bonchev–Trinajstić information content (AvgIpc) is 3.44. The SMILES string of the molecule is CCNC(=O)c1[nH]cc(-c2c[nH]c3cc(Cl)c(Cl)cc23)c1-c1c[nH]c2ccc(Cl)cc12. The van der Waals surface area contributed by atoms with E-state index in [0.29, 0.717) is 27.3 Å². The molecule has 8 heteroatoms. The second-order valence-corrected chi connectivity index (χ2v) is 8.47. The molecule has 0 saturated carbocycles. The van der Waals surface area contributed by atoms with Gasteiger partial charge in [-0.1, -0.05) is 34.8 Å². The molecule has 3 heterocycles. The van der Waals surface area contributed by atoms with Crippen molar-refractivity contribution >= 4 is 62.5 Å². The van der Waals surface area contributed by atoms with Crippen molar-refractivity contribution in [3.05, 3.63) is 69.7 Å². The summed E-state index contributed by atoms with van der Waals surface area (Å²) in [5.41, 5.74) is 5.71. The molecule has 3 aromatic heterocycles. The maximum Gasteiger partial charge on any atom is 0.268 e. The van der Waals surface area contributed by atoms with Gasteiger partial charge in [-0.15, -0.1) is 0 Å². The third-order valence-electron chi connectivity index (χ3n) is 5.37. The first kappa shape index (κ1) is 20.1. The van der Waals surface area contributed by atoms with Crippen LogP contribution in [-0.4, -0.2) is 27.4 Å². The number of aromatic amines is 3. The van der Waals surface area contributed by atoms with Crippen molar-refractivity contribution in [1.82, 2.24) is 20.3 Å². The zero-order chi connectivity index (χ0) is 21.7. The molecule has 5 rings (SSSR count). The van der Waals surface area contributed by atoms with Crippen LogP contribution in [-0.2, 0) is 0 Å². The Hall–Kier alpha value is -2.86. The summed E-state index contributed by atoms with van der Waals surface area (Å²) in [5, 5.41) is 6.29. The standard InChI is InChI=1S/C23H17Cl3N4O/c1-2-27-23(31)22-21(15-9-28-19-4-3-11(24)5-12(15)19)16(10-30-22)14-8-29-20-7-18(26)17(25)6-13(14)20/h3-10,28-30H,2H2,1H3,(H,27,31). The van der Waals surface area contributed by atoms with Gasteiger partial charge < -0.3 is 20.3 Å². The Balaban J connectivity index is 1.81. The summed E-state index contributed by atoms with van der Waals surface area (Å²) in [6, 6.07) is 9.28. The summed E-state index contributed by atoms with van der Waals surface area (Å²) in [4.78, 5) is 22.6. The van der Waals surface area contributed by atoms with Gasteiger partial charge in [0.2, 0.25) is 0 Å². The van der Waals surface area contributed by atoms with E-state index in [9.17, 15) is 4.79 Å². The third kappa shape index (κ3) is 3.30. The highest BCUT2D eigenvalue weighted by Crippen LogP contribution is 2.42. The van der Waals surface area contributed by atoms with Gasteiger partial charge in [0, 0.05) is 74.2 Å². The number of fused-ring (bicyclic) bond motifs is 2. The van der Waals surface area contributed by atoms with E-state index in [1.54, 1.807) is 6.07 Å². The lowest BCUT2D eigenvalue weighted by Crippen LogP contribution is -2.23. The molecule has 2 aromatic carbocycles. The van der Waals surface area contributed by atoms with Gasteiger partial charge in [0.25, 0.3) is 5.91 Å². The summed E-state index contributed by atoms with van der Waals surface area (Å²) in [6.07, 6.45) is 5.64. The number of carbonyl (C=O) groups is 1. The molecule has 0 saturated heterocycles. The maximum absolute atomic E-state index is 12.9. The number of nitrogens with one attached hydrogen (secondary N) is 4. The highest BCUT2D eigenvalue weighted by molar-refractivity contribution is 6.43. The van der Waals surface area contributed by atoms with Crippen LogP contribution in [0.15, 0.2) is 48.9 Å². The molecule has 0 aliphatic heterocycles. The zero-order valence-corrected chi connectivity index (χ0v) is 18.6. The lowest BCUT2D eigenvalue weighted by atomic mass is 9.95. The van der Waals surface area contributed by atoms with E-state index in [1.165, 1.54) is 0 Å². The van der Waals surface area contributed by atoms with Crippen molar-refractivity contribution in [2.24, 2.45) is 0 Å².